The molecule has 3 rings (SSSR count). The lowest BCUT2D eigenvalue weighted by Gasteiger charge is -2.27. The summed E-state index contributed by atoms with van der Waals surface area (Å²) >= 11 is 0. The third-order valence-electron chi connectivity index (χ3n) is 3.42. The number of rotatable bonds is 1. The van der Waals surface area contributed by atoms with Gasteiger partial charge in [0.15, 0.2) is 11.5 Å². The molecule has 1 aliphatic rings. The Kier molecular flexibility index (Phi) is 2.21. The molecule has 0 bridgehead atoms. The third kappa shape index (κ3) is 1.62. The topological polar surface area (TPSA) is 33.5 Å². The highest BCUT2D eigenvalue weighted by Crippen LogP contribution is 2.32. The zero-order chi connectivity index (χ0) is 12.0. The van der Waals surface area contributed by atoms with Gasteiger partial charge < -0.3 is 9.32 Å². The van der Waals surface area contributed by atoms with Crippen LogP contribution < -0.4 is 4.90 Å². The molecule has 88 valence electrons. The van der Waals surface area contributed by atoms with Crippen LogP contribution in [-0.2, 0) is 6.42 Å². The van der Waals surface area contributed by atoms with Crippen LogP contribution in [0.25, 0.3) is 11.0 Å². The van der Waals surface area contributed by atoms with Gasteiger partial charge in [-0.3, -0.25) is 4.79 Å². The number of fused-ring (bicyclic) bond motifs is 2. The molecule has 3 heteroatoms. The molecule has 1 aromatic heterocycles. The van der Waals surface area contributed by atoms with Crippen LogP contribution in [0.2, 0.25) is 0 Å². The number of Topliss-reactive ketones (excluding diaryl/α,β-unsaturated/α-hetero) is 1. The number of benzene rings is 1. The molecule has 17 heavy (non-hydrogen) atoms. The first-order valence-electron chi connectivity index (χ1n) is 5.94. The van der Waals surface area contributed by atoms with Gasteiger partial charge in [-0.15, -0.1) is 0 Å². The molecular weight excluding hydrogens is 214 g/mol. The Morgan fingerprint density at radius 2 is 2.18 bits per heavy atom. The number of aryl methyl sites for hydroxylation is 1. The summed E-state index contributed by atoms with van der Waals surface area (Å²) in [6.07, 6.45) is 2.26. The van der Waals surface area contributed by atoms with Crippen molar-refractivity contribution in [3.05, 3.63) is 29.5 Å². The van der Waals surface area contributed by atoms with Crippen molar-refractivity contribution in [2.75, 3.05) is 18.5 Å². The molecule has 1 aromatic carbocycles. The average Bonchev–Trinajstić information content (AvgIpc) is 2.70. The van der Waals surface area contributed by atoms with Crippen LogP contribution in [0.15, 0.2) is 22.6 Å². The first-order chi connectivity index (χ1) is 8.15. The molecule has 0 radical (unpaired) electrons. The molecule has 0 amide bonds. The number of furan rings is 1. The Hall–Kier alpha value is -1.77. The Balaban J connectivity index is 2.21. The van der Waals surface area contributed by atoms with E-state index in [1.807, 2.05) is 6.07 Å². The number of hydrogen-bond donors (Lipinski definition) is 0. The predicted molar refractivity (Wildman–Crippen MR) is 67.8 cm³/mol. The summed E-state index contributed by atoms with van der Waals surface area (Å²) in [7, 11) is 2.11. The highest BCUT2D eigenvalue weighted by Gasteiger charge is 2.17. The number of carbonyl (C=O) groups is 1. The summed E-state index contributed by atoms with van der Waals surface area (Å²) in [5, 5.41) is 1.02. The molecule has 0 N–H and O–H groups in total. The Morgan fingerprint density at radius 3 is 2.94 bits per heavy atom. The van der Waals surface area contributed by atoms with Gasteiger partial charge in [-0.05, 0) is 36.6 Å². The normalized spacial score (nSPS) is 15.1. The minimum Gasteiger partial charge on any atom is -0.453 e. The Morgan fingerprint density at radius 1 is 1.35 bits per heavy atom. The molecule has 0 saturated carbocycles. The fourth-order valence-electron chi connectivity index (χ4n) is 2.47. The molecule has 3 nitrogen and oxygen atoms in total. The molecule has 0 atom stereocenters. The molecule has 0 spiro atoms. The fourth-order valence-corrected chi connectivity index (χ4v) is 2.47. The largest absolute Gasteiger partial charge is 0.453 e. The van der Waals surface area contributed by atoms with Crippen molar-refractivity contribution in [1.29, 1.82) is 0 Å². The van der Waals surface area contributed by atoms with Gasteiger partial charge in [0.1, 0.15) is 5.58 Å². The van der Waals surface area contributed by atoms with E-state index in [4.69, 9.17) is 4.42 Å². The average molecular weight is 229 g/mol. The van der Waals surface area contributed by atoms with Crippen molar-refractivity contribution in [2.24, 2.45) is 0 Å². The lowest BCUT2D eigenvalue weighted by molar-refractivity contribution is 0.0989. The number of carbonyl (C=O) groups excluding carboxylic acids is 1. The monoisotopic (exact) mass is 229 g/mol. The van der Waals surface area contributed by atoms with E-state index in [0.717, 1.165) is 23.9 Å². The van der Waals surface area contributed by atoms with Gasteiger partial charge in [0.05, 0.1) is 0 Å². The minimum atomic E-state index is -0.0208. The first kappa shape index (κ1) is 10.4. The standard InChI is InChI=1S/C14H15NO2/c1-9(16)13-8-11-6-12-10(7-14(11)17-13)4-3-5-15(12)2/h6-8H,3-5H2,1-2H3. The summed E-state index contributed by atoms with van der Waals surface area (Å²) in [6, 6.07) is 6.03. The Bertz CT molecular complexity index is 598. The van der Waals surface area contributed by atoms with E-state index in [9.17, 15) is 4.79 Å². The van der Waals surface area contributed by atoms with E-state index < -0.39 is 0 Å². The van der Waals surface area contributed by atoms with Crippen LogP contribution in [0.1, 0.15) is 29.5 Å². The number of hydrogen-bond acceptors (Lipinski definition) is 3. The van der Waals surface area contributed by atoms with Gasteiger partial charge in [-0.25, -0.2) is 0 Å². The van der Waals surface area contributed by atoms with E-state index >= 15 is 0 Å². The molecule has 1 aliphatic heterocycles. The van der Waals surface area contributed by atoms with Crippen LogP contribution in [0.4, 0.5) is 5.69 Å². The zero-order valence-corrected chi connectivity index (χ0v) is 10.1. The number of nitrogens with zero attached hydrogens (tertiary/aromatic N) is 1. The smallest absolute Gasteiger partial charge is 0.194 e. The van der Waals surface area contributed by atoms with E-state index in [1.54, 1.807) is 0 Å². The fraction of sp³-hybridized carbons (Fsp3) is 0.357. The van der Waals surface area contributed by atoms with Crippen molar-refractivity contribution in [1.82, 2.24) is 0 Å². The summed E-state index contributed by atoms with van der Waals surface area (Å²) < 4.78 is 5.56. The van der Waals surface area contributed by atoms with Gasteiger partial charge in [-0.1, -0.05) is 0 Å². The maximum Gasteiger partial charge on any atom is 0.194 e. The second-order valence-electron chi connectivity index (χ2n) is 4.71. The SMILES string of the molecule is CC(=O)c1cc2cc3c(cc2o1)CCCN3C. The quantitative estimate of drug-likeness (QED) is 0.705. The van der Waals surface area contributed by atoms with Crippen LogP contribution in [0.5, 0.6) is 0 Å². The van der Waals surface area contributed by atoms with E-state index in [0.29, 0.717) is 5.76 Å². The molecule has 0 fully saturated rings. The molecule has 2 aromatic rings. The molecule has 0 saturated heterocycles. The minimum absolute atomic E-state index is 0.0208. The molecule has 2 heterocycles. The van der Waals surface area contributed by atoms with Crippen LogP contribution in [-0.4, -0.2) is 19.4 Å². The van der Waals surface area contributed by atoms with Crippen molar-refractivity contribution < 1.29 is 9.21 Å². The van der Waals surface area contributed by atoms with Gasteiger partial charge in [-0.2, -0.15) is 0 Å². The van der Waals surface area contributed by atoms with Gasteiger partial charge in [0.2, 0.25) is 0 Å². The first-order valence-corrected chi connectivity index (χ1v) is 5.94. The lowest BCUT2D eigenvalue weighted by atomic mass is 10.0. The zero-order valence-electron chi connectivity index (χ0n) is 10.1. The third-order valence-corrected chi connectivity index (χ3v) is 3.42. The summed E-state index contributed by atoms with van der Waals surface area (Å²) in [6.45, 7) is 2.62. The lowest BCUT2D eigenvalue weighted by Crippen LogP contribution is -2.24. The van der Waals surface area contributed by atoms with Crippen molar-refractivity contribution in [2.45, 2.75) is 19.8 Å². The Labute approximate surface area is 100 Å². The molecule has 0 aliphatic carbocycles. The highest BCUT2D eigenvalue weighted by molar-refractivity contribution is 5.97. The summed E-state index contributed by atoms with van der Waals surface area (Å²) in [5.74, 6) is 0.428. The predicted octanol–water partition coefficient (Wildman–Crippen LogP) is 3.02. The maximum atomic E-state index is 11.3. The van der Waals surface area contributed by atoms with E-state index in [2.05, 4.69) is 24.1 Å². The van der Waals surface area contributed by atoms with E-state index in [1.165, 1.54) is 24.6 Å². The van der Waals surface area contributed by atoms with Crippen LogP contribution in [0.3, 0.4) is 0 Å². The molecule has 0 unspecified atom stereocenters. The van der Waals surface area contributed by atoms with E-state index in [-0.39, 0.29) is 5.78 Å². The highest BCUT2D eigenvalue weighted by atomic mass is 16.3. The molecular formula is C14H15NO2. The van der Waals surface area contributed by atoms with Gasteiger partial charge in [0, 0.05) is 31.6 Å². The summed E-state index contributed by atoms with van der Waals surface area (Å²) in [4.78, 5) is 13.6. The maximum absolute atomic E-state index is 11.3. The van der Waals surface area contributed by atoms with Crippen molar-refractivity contribution >= 4 is 22.4 Å². The van der Waals surface area contributed by atoms with Gasteiger partial charge >= 0.3 is 0 Å². The second kappa shape index (κ2) is 3.62. The van der Waals surface area contributed by atoms with Crippen LogP contribution >= 0.6 is 0 Å². The van der Waals surface area contributed by atoms with Crippen molar-refractivity contribution in [3.63, 3.8) is 0 Å². The number of anilines is 1. The second-order valence-corrected chi connectivity index (χ2v) is 4.71. The van der Waals surface area contributed by atoms with Gasteiger partial charge in [0.25, 0.3) is 0 Å². The summed E-state index contributed by atoms with van der Waals surface area (Å²) in [5.41, 5.74) is 3.40. The number of ketones is 1. The van der Waals surface area contributed by atoms with Crippen LogP contribution in [0, 0.1) is 0 Å². The van der Waals surface area contributed by atoms with Crippen molar-refractivity contribution in [3.8, 4) is 0 Å².